The van der Waals surface area contributed by atoms with Crippen molar-refractivity contribution in [2.75, 3.05) is 18.0 Å². The van der Waals surface area contributed by atoms with Gasteiger partial charge < -0.3 is 15.0 Å². The molecule has 0 unspecified atom stereocenters. The number of sulfonamides is 1. The molecule has 1 fully saturated rings. The van der Waals surface area contributed by atoms with Crippen LogP contribution in [0.2, 0.25) is 0 Å². The predicted octanol–water partition coefficient (Wildman–Crippen LogP) is 5.07. The third-order valence-corrected chi connectivity index (χ3v) is 9.33. The SMILES string of the molecule is COc1cccc(CN(C(=O)CN(c2ccccc2)S(=O)(=O)c2ccc(C)cc2)[C@@H](C)C(=O)NC2CCCCC2)c1. The molecule has 1 saturated carbocycles. The molecule has 0 aliphatic heterocycles. The summed E-state index contributed by atoms with van der Waals surface area (Å²) in [6.45, 7) is 3.22. The highest BCUT2D eigenvalue weighted by Gasteiger charge is 2.33. The fourth-order valence-corrected chi connectivity index (χ4v) is 6.49. The second-order valence-corrected chi connectivity index (χ2v) is 12.4. The maximum Gasteiger partial charge on any atom is 0.264 e. The van der Waals surface area contributed by atoms with E-state index >= 15 is 0 Å². The lowest BCUT2D eigenvalue weighted by molar-refractivity contribution is -0.139. The van der Waals surface area contributed by atoms with Crippen molar-refractivity contribution < 1.29 is 22.7 Å². The Kier molecular flexibility index (Phi) is 10.0. The Morgan fingerprint density at radius 2 is 1.63 bits per heavy atom. The summed E-state index contributed by atoms with van der Waals surface area (Å²) in [4.78, 5) is 29.0. The zero-order valence-electron chi connectivity index (χ0n) is 24.0. The molecule has 1 N–H and O–H groups in total. The number of benzene rings is 3. The Morgan fingerprint density at radius 1 is 0.951 bits per heavy atom. The van der Waals surface area contributed by atoms with Gasteiger partial charge in [-0.15, -0.1) is 0 Å². The van der Waals surface area contributed by atoms with E-state index in [1.807, 2.05) is 25.1 Å². The summed E-state index contributed by atoms with van der Waals surface area (Å²) in [7, 11) is -2.52. The second kappa shape index (κ2) is 13.7. The van der Waals surface area contributed by atoms with Crippen molar-refractivity contribution in [3.63, 3.8) is 0 Å². The molecule has 8 nitrogen and oxygen atoms in total. The van der Waals surface area contributed by atoms with Crippen molar-refractivity contribution in [3.8, 4) is 5.75 Å². The van der Waals surface area contributed by atoms with Crippen molar-refractivity contribution in [1.82, 2.24) is 10.2 Å². The number of methoxy groups -OCH3 is 1. The van der Waals surface area contributed by atoms with Crippen LogP contribution in [0.4, 0.5) is 5.69 Å². The number of aryl methyl sites for hydroxylation is 1. The van der Waals surface area contributed by atoms with Crippen LogP contribution < -0.4 is 14.4 Å². The zero-order valence-corrected chi connectivity index (χ0v) is 24.8. The Labute approximate surface area is 243 Å². The van der Waals surface area contributed by atoms with Crippen LogP contribution in [0.3, 0.4) is 0 Å². The largest absolute Gasteiger partial charge is 0.497 e. The Balaban J connectivity index is 1.66. The Bertz CT molecular complexity index is 1420. The number of carbonyl (C=O) groups is 2. The second-order valence-electron chi connectivity index (χ2n) is 10.6. The van der Waals surface area contributed by atoms with Crippen LogP contribution in [0, 0.1) is 6.92 Å². The van der Waals surface area contributed by atoms with Gasteiger partial charge in [0, 0.05) is 12.6 Å². The smallest absolute Gasteiger partial charge is 0.264 e. The third-order valence-electron chi connectivity index (χ3n) is 7.54. The van der Waals surface area contributed by atoms with Crippen LogP contribution in [0.15, 0.2) is 83.8 Å². The maximum absolute atomic E-state index is 14.1. The summed E-state index contributed by atoms with van der Waals surface area (Å²) >= 11 is 0. The number of carbonyl (C=O) groups excluding carboxylic acids is 2. The summed E-state index contributed by atoms with van der Waals surface area (Å²) in [5.41, 5.74) is 2.05. The van der Waals surface area contributed by atoms with Gasteiger partial charge in [0.2, 0.25) is 11.8 Å². The summed E-state index contributed by atoms with van der Waals surface area (Å²) in [6.07, 6.45) is 5.12. The van der Waals surface area contributed by atoms with E-state index in [0.717, 1.165) is 47.5 Å². The van der Waals surface area contributed by atoms with Gasteiger partial charge in [0.25, 0.3) is 10.0 Å². The maximum atomic E-state index is 14.1. The van der Waals surface area contributed by atoms with Crippen molar-refractivity contribution in [1.29, 1.82) is 0 Å². The van der Waals surface area contributed by atoms with Gasteiger partial charge in [0.15, 0.2) is 0 Å². The number of nitrogens with zero attached hydrogens (tertiary/aromatic N) is 2. The average molecular weight is 578 g/mol. The lowest BCUT2D eigenvalue weighted by Crippen LogP contribution is -2.53. The van der Waals surface area contributed by atoms with Crippen LogP contribution in [0.1, 0.15) is 50.2 Å². The number of nitrogens with one attached hydrogen (secondary N) is 1. The molecule has 0 radical (unpaired) electrons. The van der Waals surface area contributed by atoms with Crippen molar-refractivity contribution >= 4 is 27.5 Å². The summed E-state index contributed by atoms with van der Waals surface area (Å²) in [5.74, 6) is -0.110. The first-order chi connectivity index (χ1) is 19.7. The molecule has 1 aliphatic carbocycles. The van der Waals surface area contributed by atoms with Gasteiger partial charge in [-0.25, -0.2) is 8.42 Å². The number of amides is 2. The zero-order chi connectivity index (χ0) is 29.4. The monoisotopic (exact) mass is 577 g/mol. The standard InChI is InChI=1S/C32H39N3O5S/c1-24-17-19-30(20-18-24)41(38,39)35(28-14-8-5-9-15-28)23-31(36)34(22-26-11-10-16-29(21-26)40-3)25(2)32(37)33-27-12-6-4-7-13-27/h5,8-11,14-21,25,27H,4,6-7,12-13,22-23H2,1-3H3,(H,33,37)/t25-/m0/s1. The highest BCUT2D eigenvalue weighted by molar-refractivity contribution is 7.92. The fraction of sp³-hybridized carbons (Fsp3) is 0.375. The van der Waals surface area contributed by atoms with E-state index in [2.05, 4.69) is 5.32 Å². The molecule has 4 rings (SSSR count). The van der Waals surface area contributed by atoms with Crippen LogP contribution in [0.5, 0.6) is 5.75 Å². The molecular weight excluding hydrogens is 538 g/mol. The van der Waals surface area contributed by atoms with Gasteiger partial charge in [-0.1, -0.05) is 67.3 Å². The van der Waals surface area contributed by atoms with Gasteiger partial charge in [0.1, 0.15) is 18.3 Å². The van der Waals surface area contributed by atoms with Crippen LogP contribution in [0.25, 0.3) is 0 Å². The van der Waals surface area contributed by atoms with Gasteiger partial charge in [-0.2, -0.15) is 0 Å². The molecule has 3 aromatic rings. The minimum absolute atomic E-state index is 0.0789. The molecule has 41 heavy (non-hydrogen) atoms. The molecule has 0 bridgehead atoms. The van der Waals surface area contributed by atoms with Crippen LogP contribution >= 0.6 is 0 Å². The van der Waals surface area contributed by atoms with Gasteiger partial charge >= 0.3 is 0 Å². The third kappa shape index (κ3) is 7.67. The molecule has 1 aliphatic rings. The molecule has 9 heteroatoms. The minimum atomic E-state index is -4.09. The minimum Gasteiger partial charge on any atom is -0.497 e. The van der Waals surface area contributed by atoms with Crippen LogP contribution in [-0.4, -0.2) is 50.9 Å². The van der Waals surface area contributed by atoms with Gasteiger partial charge in [0.05, 0.1) is 17.7 Å². The molecule has 0 heterocycles. The van der Waals surface area contributed by atoms with E-state index in [9.17, 15) is 18.0 Å². The molecule has 0 spiro atoms. The molecule has 0 saturated heterocycles. The lowest BCUT2D eigenvalue weighted by Gasteiger charge is -2.33. The van der Waals surface area contributed by atoms with Crippen molar-refractivity contribution in [2.24, 2.45) is 0 Å². The average Bonchev–Trinajstić information content (AvgIpc) is 2.99. The van der Waals surface area contributed by atoms with Gasteiger partial charge in [-0.05, 0) is 68.7 Å². The van der Waals surface area contributed by atoms with Crippen LogP contribution in [-0.2, 0) is 26.2 Å². The molecule has 1 atom stereocenters. The van der Waals surface area contributed by atoms with Crippen molar-refractivity contribution in [2.45, 2.75) is 69.5 Å². The first-order valence-corrected chi connectivity index (χ1v) is 15.5. The van der Waals surface area contributed by atoms with E-state index in [4.69, 9.17) is 4.74 Å². The number of hydrogen-bond donors (Lipinski definition) is 1. The first kappa shape index (κ1) is 30.1. The van der Waals surface area contributed by atoms with Crippen molar-refractivity contribution in [3.05, 3.63) is 90.0 Å². The molecule has 0 aromatic heterocycles. The van der Waals surface area contributed by atoms with E-state index in [-0.39, 0.29) is 23.4 Å². The number of para-hydroxylation sites is 1. The quantitative estimate of drug-likeness (QED) is 0.344. The number of ether oxygens (including phenoxy) is 1. The first-order valence-electron chi connectivity index (χ1n) is 14.1. The fourth-order valence-electron chi connectivity index (χ4n) is 5.08. The molecular formula is C32H39N3O5S. The van der Waals surface area contributed by atoms with E-state index in [1.165, 1.54) is 4.90 Å². The Hall–Kier alpha value is -3.85. The Morgan fingerprint density at radius 3 is 2.29 bits per heavy atom. The number of hydrogen-bond acceptors (Lipinski definition) is 5. The van der Waals surface area contributed by atoms with E-state index in [1.54, 1.807) is 74.7 Å². The number of anilines is 1. The van der Waals surface area contributed by atoms with Gasteiger partial charge in [-0.3, -0.25) is 13.9 Å². The highest BCUT2D eigenvalue weighted by atomic mass is 32.2. The van der Waals surface area contributed by atoms with E-state index < -0.39 is 28.5 Å². The summed E-state index contributed by atoms with van der Waals surface area (Å²) in [5, 5.41) is 3.12. The molecule has 2 amide bonds. The topological polar surface area (TPSA) is 96.0 Å². The summed E-state index contributed by atoms with van der Waals surface area (Å²) < 4.78 is 34.2. The lowest BCUT2D eigenvalue weighted by atomic mass is 9.95. The molecule has 218 valence electrons. The highest BCUT2D eigenvalue weighted by Crippen LogP contribution is 2.25. The molecule has 3 aromatic carbocycles. The normalized spacial score (nSPS) is 14.6. The van der Waals surface area contributed by atoms with E-state index in [0.29, 0.717) is 11.4 Å². The number of rotatable bonds is 11. The summed E-state index contributed by atoms with van der Waals surface area (Å²) in [6, 6.07) is 21.6. The predicted molar refractivity (Wildman–Crippen MR) is 160 cm³/mol.